The molecule has 1 radical (unpaired) electrons. The lowest BCUT2D eigenvalue weighted by atomic mass is 10.1. The van der Waals surface area contributed by atoms with Gasteiger partial charge in [-0.3, -0.25) is 0 Å². The van der Waals surface area contributed by atoms with Gasteiger partial charge in [-0.2, -0.15) is 0 Å². The second-order valence-corrected chi connectivity index (χ2v) is 4.58. The molecule has 0 aliphatic carbocycles. The van der Waals surface area contributed by atoms with Gasteiger partial charge in [-0.05, 0) is 0 Å². The van der Waals surface area contributed by atoms with E-state index in [9.17, 15) is 8.42 Å². The Morgan fingerprint density at radius 3 is 2.56 bits per heavy atom. The maximum Gasteiger partial charge on any atom is 0.239 e. The lowest BCUT2D eigenvalue weighted by molar-refractivity contribution is 0.598. The highest BCUT2D eigenvalue weighted by Gasteiger charge is 2.14. The van der Waals surface area contributed by atoms with E-state index in [0.717, 1.165) is 0 Å². The first-order valence-electron chi connectivity index (χ1n) is 4.38. The predicted octanol–water partition coefficient (Wildman–Crippen LogP) is 0.591. The molecule has 2 rings (SSSR count). The molecule has 0 atom stereocenters. The number of aromatic nitrogens is 2. The third kappa shape index (κ3) is 2.07. The summed E-state index contributed by atoms with van der Waals surface area (Å²) in [6.07, 6.45) is 4.41. The Kier molecular flexibility index (Phi) is 2.67. The normalized spacial score (nSPS) is 11.3. The number of nitrogens with zero attached hydrogens (tertiary/aromatic N) is 2. The van der Waals surface area contributed by atoms with Crippen LogP contribution in [-0.2, 0) is 10.0 Å². The van der Waals surface area contributed by atoms with Gasteiger partial charge in [0.2, 0.25) is 10.0 Å². The SMILES string of the molecule is NS(=O)(=O)c1[c]cccc1-c1cncnc1. The van der Waals surface area contributed by atoms with Crippen molar-refractivity contribution in [3.63, 3.8) is 0 Å². The highest BCUT2D eigenvalue weighted by molar-refractivity contribution is 7.89. The molecule has 0 aliphatic heterocycles. The lowest BCUT2D eigenvalue weighted by Crippen LogP contribution is -2.13. The van der Waals surface area contributed by atoms with E-state index in [1.54, 1.807) is 12.1 Å². The summed E-state index contributed by atoms with van der Waals surface area (Å²) in [6, 6.07) is 7.41. The third-order valence-electron chi connectivity index (χ3n) is 1.97. The predicted molar refractivity (Wildman–Crippen MR) is 57.7 cm³/mol. The van der Waals surface area contributed by atoms with Crippen LogP contribution in [0.15, 0.2) is 41.8 Å². The summed E-state index contributed by atoms with van der Waals surface area (Å²) in [6.45, 7) is 0. The van der Waals surface area contributed by atoms with Crippen molar-refractivity contribution in [1.82, 2.24) is 9.97 Å². The molecule has 81 valence electrons. The van der Waals surface area contributed by atoms with Crippen LogP contribution in [0.4, 0.5) is 0 Å². The molecule has 0 bridgehead atoms. The lowest BCUT2D eigenvalue weighted by Gasteiger charge is -2.05. The molecule has 1 heterocycles. The third-order valence-corrected chi connectivity index (χ3v) is 2.88. The van der Waals surface area contributed by atoms with E-state index in [4.69, 9.17) is 5.14 Å². The smallest absolute Gasteiger partial charge is 0.239 e. The monoisotopic (exact) mass is 234 g/mol. The molecule has 2 aromatic rings. The van der Waals surface area contributed by atoms with Crippen LogP contribution in [0.25, 0.3) is 11.1 Å². The summed E-state index contributed by atoms with van der Waals surface area (Å²) < 4.78 is 22.7. The summed E-state index contributed by atoms with van der Waals surface area (Å²) in [7, 11) is -3.79. The summed E-state index contributed by atoms with van der Waals surface area (Å²) in [5.41, 5.74) is 1.04. The maximum absolute atomic E-state index is 11.3. The van der Waals surface area contributed by atoms with Crippen LogP contribution in [0.3, 0.4) is 0 Å². The molecule has 0 saturated heterocycles. The van der Waals surface area contributed by atoms with Crippen molar-refractivity contribution in [2.75, 3.05) is 0 Å². The second-order valence-electron chi connectivity index (χ2n) is 3.09. The molecule has 0 unspecified atom stereocenters. The molecular weight excluding hydrogens is 226 g/mol. The van der Waals surface area contributed by atoms with Gasteiger partial charge in [-0.15, -0.1) is 0 Å². The van der Waals surface area contributed by atoms with Crippen molar-refractivity contribution in [3.8, 4) is 11.1 Å². The molecule has 6 heteroatoms. The highest BCUT2D eigenvalue weighted by Crippen LogP contribution is 2.24. The zero-order valence-electron chi connectivity index (χ0n) is 8.16. The van der Waals surface area contributed by atoms with E-state index in [0.29, 0.717) is 11.1 Å². The minimum Gasteiger partial charge on any atom is -0.244 e. The molecule has 0 saturated carbocycles. The molecule has 1 aromatic carbocycles. The summed E-state index contributed by atoms with van der Waals surface area (Å²) in [5, 5.41) is 5.10. The Hall–Kier alpha value is -1.79. The molecule has 0 spiro atoms. The van der Waals surface area contributed by atoms with E-state index in [-0.39, 0.29) is 4.90 Å². The van der Waals surface area contributed by atoms with Crippen molar-refractivity contribution in [2.45, 2.75) is 4.90 Å². The number of sulfonamides is 1. The van der Waals surface area contributed by atoms with E-state index in [1.165, 1.54) is 24.8 Å². The van der Waals surface area contributed by atoms with Crippen molar-refractivity contribution in [1.29, 1.82) is 0 Å². The quantitative estimate of drug-likeness (QED) is 0.824. The number of benzene rings is 1. The number of hydrogen-bond acceptors (Lipinski definition) is 4. The Morgan fingerprint density at radius 1 is 1.25 bits per heavy atom. The van der Waals surface area contributed by atoms with Crippen molar-refractivity contribution < 1.29 is 8.42 Å². The fourth-order valence-corrected chi connectivity index (χ4v) is 2.05. The molecule has 0 amide bonds. The van der Waals surface area contributed by atoms with Gasteiger partial charge >= 0.3 is 0 Å². The molecule has 5 nitrogen and oxygen atoms in total. The van der Waals surface area contributed by atoms with Crippen LogP contribution in [0.2, 0.25) is 0 Å². The minimum atomic E-state index is -3.79. The topological polar surface area (TPSA) is 85.9 Å². The van der Waals surface area contributed by atoms with Gasteiger partial charge in [-0.25, -0.2) is 23.5 Å². The first kappa shape index (κ1) is 10.7. The largest absolute Gasteiger partial charge is 0.244 e. The molecule has 0 aliphatic rings. The van der Waals surface area contributed by atoms with Gasteiger partial charge in [0.05, 0.1) is 4.90 Å². The zero-order chi connectivity index (χ0) is 11.6. The van der Waals surface area contributed by atoms with E-state index < -0.39 is 10.0 Å². The molecule has 16 heavy (non-hydrogen) atoms. The standard InChI is InChI=1S/C10H8N3O2S/c11-16(14,15)10-4-2-1-3-9(10)8-5-12-7-13-6-8/h1-3,5-7H,(H2,11,14,15). The maximum atomic E-state index is 11.3. The number of hydrogen-bond donors (Lipinski definition) is 1. The Morgan fingerprint density at radius 2 is 1.94 bits per heavy atom. The Balaban J connectivity index is 2.68. The van der Waals surface area contributed by atoms with Crippen molar-refractivity contribution in [2.24, 2.45) is 5.14 Å². The average molecular weight is 234 g/mol. The van der Waals surface area contributed by atoms with E-state index in [1.807, 2.05) is 0 Å². The van der Waals surface area contributed by atoms with Gasteiger partial charge in [0.15, 0.2) is 0 Å². The minimum absolute atomic E-state index is 0.0511. The summed E-state index contributed by atoms with van der Waals surface area (Å²) >= 11 is 0. The molecular formula is C10H8N3O2S. The Bertz CT molecular complexity index is 596. The van der Waals surface area contributed by atoms with Crippen molar-refractivity contribution in [3.05, 3.63) is 43.0 Å². The van der Waals surface area contributed by atoms with Crippen LogP contribution < -0.4 is 5.14 Å². The number of nitrogens with two attached hydrogens (primary N) is 1. The van der Waals surface area contributed by atoms with Crippen LogP contribution in [0, 0.1) is 6.07 Å². The highest BCUT2D eigenvalue weighted by atomic mass is 32.2. The van der Waals surface area contributed by atoms with E-state index in [2.05, 4.69) is 16.0 Å². The fraction of sp³-hybridized carbons (Fsp3) is 0. The van der Waals surface area contributed by atoms with Gasteiger partial charge in [-0.1, -0.05) is 18.2 Å². The summed E-state index contributed by atoms with van der Waals surface area (Å²) in [5.74, 6) is 0. The second kappa shape index (κ2) is 3.99. The van der Waals surface area contributed by atoms with Gasteiger partial charge in [0, 0.05) is 29.6 Å². The summed E-state index contributed by atoms with van der Waals surface area (Å²) in [4.78, 5) is 7.60. The molecule has 1 aromatic heterocycles. The van der Waals surface area contributed by atoms with E-state index >= 15 is 0 Å². The van der Waals surface area contributed by atoms with Crippen LogP contribution >= 0.6 is 0 Å². The van der Waals surface area contributed by atoms with Crippen LogP contribution in [-0.4, -0.2) is 18.4 Å². The molecule has 2 N–H and O–H groups in total. The number of primary sulfonamides is 1. The van der Waals surface area contributed by atoms with Gasteiger partial charge in [0.1, 0.15) is 6.33 Å². The average Bonchev–Trinajstić information content (AvgIpc) is 2.29. The molecule has 0 fully saturated rings. The Labute approximate surface area is 93.0 Å². The van der Waals surface area contributed by atoms with Crippen LogP contribution in [0.5, 0.6) is 0 Å². The van der Waals surface area contributed by atoms with Gasteiger partial charge in [0.25, 0.3) is 0 Å². The van der Waals surface area contributed by atoms with Crippen molar-refractivity contribution >= 4 is 10.0 Å². The van der Waals surface area contributed by atoms with Gasteiger partial charge < -0.3 is 0 Å². The number of rotatable bonds is 2. The fourth-order valence-electron chi connectivity index (χ4n) is 1.32. The zero-order valence-corrected chi connectivity index (χ0v) is 8.98. The van der Waals surface area contributed by atoms with Crippen LogP contribution in [0.1, 0.15) is 0 Å². The first-order valence-corrected chi connectivity index (χ1v) is 5.92. The first-order chi connectivity index (χ1) is 7.59.